The molecule has 0 saturated heterocycles. The van der Waals surface area contributed by atoms with Gasteiger partial charge in [0.2, 0.25) is 0 Å². The van der Waals surface area contributed by atoms with Crippen LogP contribution in [0.4, 0.5) is 4.39 Å². The van der Waals surface area contributed by atoms with Crippen LogP contribution in [0.2, 0.25) is 0 Å². The molecule has 3 heteroatoms. The molecule has 0 radical (unpaired) electrons. The van der Waals surface area contributed by atoms with Gasteiger partial charge >= 0.3 is 0 Å². The molecule has 0 aliphatic carbocycles. The van der Waals surface area contributed by atoms with Crippen molar-refractivity contribution in [3.63, 3.8) is 0 Å². The van der Waals surface area contributed by atoms with Crippen molar-refractivity contribution < 1.29 is 4.39 Å². The van der Waals surface area contributed by atoms with Crippen LogP contribution < -0.4 is 5.73 Å². The fourth-order valence-electron chi connectivity index (χ4n) is 0.905. The van der Waals surface area contributed by atoms with Crippen molar-refractivity contribution in [3.05, 3.63) is 46.7 Å². The lowest BCUT2D eigenvalue weighted by atomic mass is 10.1. The van der Waals surface area contributed by atoms with Gasteiger partial charge in [-0.05, 0) is 27.6 Å². The standard InChI is InChI=1S/C9H9BrFN/c1-2-8(12)6-4-3-5-7(11)9(6)10/h2-5,8H,1,12H2/t8-/m1/s1. The van der Waals surface area contributed by atoms with Gasteiger partial charge in [0.15, 0.2) is 0 Å². The first-order valence-electron chi connectivity index (χ1n) is 3.49. The third-order valence-electron chi connectivity index (χ3n) is 1.59. The predicted molar refractivity (Wildman–Crippen MR) is 51.2 cm³/mol. The fourth-order valence-corrected chi connectivity index (χ4v) is 1.43. The summed E-state index contributed by atoms with van der Waals surface area (Å²) in [6.07, 6.45) is 1.57. The van der Waals surface area contributed by atoms with Crippen LogP contribution >= 0.6 is 15.9 Å². The molecule has 2 N–H and O–H groups in total. The first-order chi connectivity index (χ1) is 5.66. The summed E-state index contributed by atoms with van der Waals surface area (Å²) in [5.74, 6) is -0.301. The molecule has 0 amide bonds. The quantitative estimate of drug-likeness (QED) is 0.776. The summed E-state index contributed by atoms with van der Waals surface area (Å²) in [5.41, 5.74) is 6.36. The van der Waals surface area contributed by atoms with Crippen LogP contribution in [0.5, 0.6) is 0 Å². The van der Waals surface area contributed by atoms with Crippen LogP contribution in [-0.2, 0) is 0 Å². The molecule has 0 saturated carbocycles. The van der Waals surface area contributed by atoms with Gasteiger partial charge in [-0.25, -0.2) is 4.39 Å². The first-order valence-corrected chi connectivity index (χ1v) is 4.28. The van der Waals surface area contributed by atoms with Crippen LogP contribution in [0, 0.1) is 5.82 Å². The minimum atomic E-state index is -0.324. The summed E-state index contributed by atoms with van der Waals surface area (Å²) in [5, 5.41) is 0. The van der Waals surface area contributed by atoms with E-state index in [0.717, 1.165) is 0 Å². The molecule has 0 heterocycles. The normalized spacial score (nSPS) is 12.6. The monoisotopic (exact) mass is 229 g/mol. The zero-order valence-corrected chi connectivity index (χ0v) is 8.01. The maximum atomic E-state index is 12.9. The summed E-state index contributed by atoms with van der Waals surface area (Å²) in [6.45, 7) is 3.54. The average Bonchev–Trinajstić information content (AvgIpc) is 2.08. The summed E-state index contributed by atoms with van der Waals surface area (Å²) in [7, 11) is 0. The second-order valence-corrected chi connectivity index (χ2v) is 3.20. The van der Waals surface area contributed by atoms with E-state index in [0.29, 0.717) is 10.0 Å². The van der Waals surface area contributed by atoms with Crippen molar-refractivity contribution in [1.29, 1.82) is 0 Å². The number of hydrogen-bond donors (Lipinski definition) is 1. The molecular weight excluding hydrogens is 221 g/mol. The molecule has 0 spiro atoms. The van der Waals surface area contributed by atoms with Crippen molar-refractivity contribution in [3.8, 4) is 0 Å². The molecule has 1 atom stereocenters. The second kappa shape index (κ2) is 3.83. The van der Waals surface area contributed by atoms with Gasteiger partial charge in [-0.3, -0.25) is 0 Å². The fraction of sp³-hybridized carbons (Fsp3) is 0.111. The number of hydrogen-bond acceptors (Lipinski definition) is 1. The Kier molecular flexibility index (Phi) is 3.00. The highest BCUT2D eigenvalue weighted by Gasteiger charge is 2.08. The Morgan fingerprint density at radius 1 is 1.58 bits per heavy atom. The average molecular weight is 230 g/mol. The van der Waals surface area contributed by atoms with Gasteiger partial charge < -0.3 is 5.73 Å². The van der Waals surface area contributed by atoms with Gasteiger partial charge in [0.1, 0.15) is 5.82 Å². The van der Waals surface area contributed by atoms with E-state index < -0.39 is 0 Å². The van der Waals surface area contributed by atoms with E-state index in [-0.39, 0.29) is 11.9 Å². The lowest BCUT2D eigenvalue weighted by molar-refractivity contribution is 0.616. The van der Waals surface area contributed by atoms with E-state index in [9.17, 15) is 4.39 Å². The number of nitrogens with two attached hydrogens (primary N) is 1. The van der Waals surface area contributed by atoms with E-state index in [1.807, 2.05) is 0 Å². The molecule has 12 heavy (non-hydrogen) atoms. The Labute approximate surface area is 79.2 Å². The Hall–Kier alpha value is -0.670. The van der Waals surface area contributed by atoms with Crippen molar-refractivity contribution >= 4 is 15.9 Å². The van der Waals surface area contributed by atoms with Crippen molar-refractivity contribution in [2.45, 2.75) is 6.04 Å². The van der Waals surface area contributed by atoms with Gasteiger partial charge in [0, 0.05) is 6.04 Å². The Balaban J connectivity index is 3.15. The van der Waals surface area contributed by atoms with E-state index in [2.05, 4.69) is 22.5 Å². The van der Waals surface area contributed by atoms with Crippen LogP contribution in [-0.4, -0.2) is 0 Å². The lowest BCUT2D eigenvalue weighted by Crippen LogP contribution is -2.07. The largest absolute Gasteiger partial charge is 0.321 e. The smallest absolute Gasteiger partial charge is 0.137 e. The molecule has 0 aromatic heterocycles. The Morgan fingerprint density at radius 2 is 2.25 bits per heavy atom. The van der Waals surface area contributed by atoms with E-state index in [4.69, 9.17) is 5.73 Å². The van der Waals surface area contributed by atoms with Gasteiger partial charge in [0.25, 0.3) is 0 Å². The van der Waals surface area contributed by atoms with Crippen LogP contribution in [0.15, 0.2) is 35.3 Å². The van der Waals surface area contributed by atoms with Crippen molar-refractivity contribution in [1.82, 2.24) is 0 Å². The van der Waals surface area contributed by atoms with Crippen molar-refractivity contribution in [2.75, 3.05) is 0 Å². The van der Waals surface area contributed by atoms with Gasteiger partial charge in [0.05, 0.1) is 4.47 Å². The summed E-state index contributed by atoms with van der Waals surface area (Å²) in [4.78, 5) is 0. The molecule has 1 aromatic rings. The number of rotatable bonds is 2. The maximum absolute atomic E-state index is 12.9. The minimum absolute atomic E-state index is 0.301. The van der Waals surface area contributed by atoms with Gasteiger partial charge in [-0.1, -0.05) is 18.2 Å². The maximum Gasteiger partial charge on any atom is 0.137 e. The first kappa shape index (κ1) is 9.42. The summed E-state index contributed by atoms with van der Waals surface area (Å²) < 4.78 is 13.4. The highest BCUT2D eigenvalue weighted by atomic mass is 79.9. The molecule has 0 aliphatic rings. The molecule has 1 aromatic carbocycles. The predicted octanol–water partition coefficient (Wildman–Crippen LogP) is 2.77. The minimum Gasteiger partial charge on any atom is -0.321 e. The number of halogens is 2. The molecule has 0 fully saturated rings. The lowest BCUT2D eigenvalue weighted by Gasteiger charge is -2.08. The van der Waals surface area contributed by atoms with Crippen LogP contribution in [0.3, 0.4) is 0 Å². The van der Waals surface area contributed by atoms with E-state index in [1.165, 1.54) is 6.07 Å². The Bertz CT molecular complexity index is 299. The molecule has 0 aliphatic heterocycles. The van der Waals surface area contributed by atoms with Gasteiger partial charge in [-0.2, -0.15) is 0 Å². The Morgan fingerprint density at radius 3 is 2.83 bits per heavy atom. The summed E-state index contributed by atoms with van der Waals surface area (Å²) in [6, 6.07) is 4.44. The van der Waals surface area contributed by atoms with Crippen molar-refractivity contribution in [2.24, 2.45) is 5.73 Å². The SMILES string of the molecule is C=C[C@@H](N)c1cccc(F)c1Br. The third-order valence-corrected chi connectivity index (χ3v) is 2.43. The van der Waals surface area contributed by atoms with E-state index >= 15 is 0 Å². The molecule has 0 unspecified atom stereocenters. The van der Waals surface area contributed by atoms with Crippen LogP contribution in [0.1, 0.15) is 11.6 Å². The highest BCUT2D eigenvalue weighted by molar-refractivity contribution is 9.10. The van der Waals surface area contributed by atoms with E-state index in [1.54, 1.807) is 18.2 Å². The molecule has 1 rings (SSSR count). The zero-order valence-electron chi connectivity index (χ0n) is 6.43. The summed E-state index contributed by atoms with van der Waals surface area (Å²) >= 11 is 3.12. The molecule has 64 valence electrons. The number of benzene rings is 1. The molecular formula is C9H9BrFN. The topological polar surface area (TPSA) is 26.0 Å². The zero-order chi connectivity index (χ0) is 9.14. The van der Waals surface area contributed by atoms with Gasteiger partial charge in [-0.15, -0.1) is 6.58 Å². The third kappa shape index (κ3) is 1.73. The molecule has 0 bridgehead atoms. The highest BCUT2D eigenvalue weighted by Crippen LogP contribution is 2.24. The molecule has 1 nitrogen and oxygen atoms in total. The van der Waals surface area contributed by atoms with Crippen LogP contribution in [0.25, 0.3) is 0 Å². The second-order valence-electron chi connectivity index (χ2n) is 2.40.